The molecule has 2 aliphatic heterocycles. The van der Waals surface area contributed by atoms with Gasteiger partial charge in [-0.05, 0) is 58.3 Å². The number of carbonyl (C=O) groups excluding carboxylic acids is 5. The van der Waals surface area contributed by atoms with Crippen LogP contribution in [0.2, 0.25) is 0 Å². The molecule has 2 saturated heterocycles. The molecule has 3 N–H and O–H groups in total. The van der Waals surface area contributed by atoms with Gasteiger partial charge in [0.15, 0.2) is 5.78 Å². The van der Waals surface area contributed by atoms with Crippen LogP contribution in [0, 0.1) is 17.8 Å². The fraction of sp³-hybridized carbons (Fsp3) is 0.783. The Balaban J connectivity index is 1.78. The number of rotatable bonds is 7. The van der Waals surface area contributed by atoms with Gasteiger partial charge < -0.3 is 20.9 Å². The summed E-state index contributed by atoms with van der Waals surface area (Å²) in [5, 5.41) is 7.66. The Morgan fingerprint density at radius 1 is 1.14 bits per heavy atom. The number of amides is 4. The van der Waals surface area contributed by atoms with E-state index in [9.17, 15) is 37.1 Å². The number of hydrogen-bond donors (Lipinski definition) is 3. The summed E-state index contributed by atoms with van der Waals surface area (Å²) >= 11 is 0. The number of Topliss-reactive ketones (excluding diaryl/α,β-unsaturated/α-hetero) is 1. The van der Waals surface area contributed by atoms with E-state index in [0.29, 0.717) is 19.4 Å². The third-order valence-electron chi connectivity index (χ3n) is 6.87. The predicted molar refractivity (Wildman–Crippen MR) is 119 cm³/mol. The molecule has 0 spiro atoms. The fourth-order valence-electron chi connectivity index (χ4n) is 5.31. The van der Waals surface area contributed by atoms with Gasteiger partial charge in [-0.2, -0.15) is 0 Å². The zero-order valence-electron chi connectivity index (χ0n) is 20.6. The molecule has 3 aliphatic rings. The lowest BCUT2D eigenvalue weighted by atomic mass is 9.92. The number of fused-ring (bicyclic) bond motifs is 1. The summed E-state index contributed by atoms with van der Waals surface area (Å²) in [6.07, 6.45) is -2.64. The molecule has 13 heteroatoms. The van der Waals surface area contributed by atoms with Gasteiger partial charge in [0.2, 0.25) is 11.8 Å². The van der Waals surface area contributed by atoms with Gasteiger partial charge in [0.1, 0.15) is 12.6 Å². The minimum atomic E-state index is -5.04. The van der Waals surface area contributed by atoms with E-state index in [1.165, 1.54) is 4.90 Å². The Bertz CT molecular complexity index is 903. The van der Waals surface area contributed by atoms with E-state index in [0.717, 1.165) is 12.8 Å². The number of likely N-dealkylation sites (tertiary alicyclic amines) is 1. The minimum Gasteiger partial charge on any atom is -0.356 e. The van der Waals surface area contributed by atoms with Crippen molar-refractivity contribution in [2.45, 2.75) is 76.9 Å². The zero-order chi connectivity index (χ0) is 26.8. The number of hydrogen-bond acceptors (Lipinski definition) is 6. The molecule has 0 bridgehead atoms. The first-order valence-corrected chi connectivity index (χ1v) is 12.1. The average Bonchev–Trinajstić information content (AvgIpc) is 3.45. The molecule has 2 heterocycles. The molecule has 0 aromatic carbocycles. The molecule has 10 nitrogen and oxygen atoms in total. The summed E-state index contributed by atoms with van der Waals surface area (Å²) < 4.78 is 41.2. The molecule has 1 aliphatic carbocycles. The second-order valence-electron chi connectivity index (χ2n) is 10.7. The first kappa shape index (κ1) is 27.9. The number of nitrogens with one attached hydrogen (secondary N) is 3. The second-order valence-corrected chi connectivity index (χ2v) is 10.7. The Kier molecular flexibility index (Phi) is 8.31. The van der Waals surface area contributed by atoms with Crippen LogP contribution in [-0.4, -0.2) is 78.0 Å². The lowest BCUT2D eigenvalue weighted by Crippen LogP contribution is -2.57. The van der Waals surface area contributed by atoms with Gasteiger partial charge in [0.05, 0.1) is 6.04 Å². The molecule has 202 valence electrons. The molecule has 4 amide bonds. The van der Waals surface area contributed by atoms with Crippen molar-refractivity contribution in [1.82, 2.24) is 20.9 Å². The highest BCUT2D eigenvalue weighted by Crippen LogP contribution is 2.42. The minimum absolute atomic E-state index is 0.00420. The van der Waals surface area contributed by atoms with Crippen LogP contribution in [0.4, 0.5) is 13.2 Å². The number of ketones is 1. The van der Waals surface area contributed by atoms with E-state index >= 15 is 0 Å². The largest absolute Gasteiger partial charge is 0.522 e. The fourth-order valence-corrected chi connectivity index (χ4v) is 5.31. The van der Waals surface area contributed by atoms with Gasteiger partial charge in [-0.3, -0.25) is 28.7 Å². The lowest BCUT2D eigenvalue weighted by Gasteiger charge is -2.30. The van der Waals surface area contributed by atoms with Gasteiger partial charge in [-0.1, -0.05) is 6.42 Å². The van der Waals surface area contributed by atoms with Gasteiger partial charge in [-0.25, -0.2) is 0 Å². The smallest absolute Gasteiger partial charge is 0.356 e. The monoisotopic (exact) mass is 518 g/mol. The van der Waals surface area contributed by atoms with Gasteiger partial charge in [0.25, 0.3) is 0 Å². The van der Waals surface area contributed by atoms with Crippen molar-refractivity contribution >= 4 is 29.4 Å². The maximum Gasteiger partial charge on any atom is 0.522 e. The SMILES string of the molecule is CC(C)(C)NC(=O)C(=O)N1CC2CCCC2[C@H]1C(=O)NC(C[C@@H]1CCNC1=O)C(=O)COC(F)(F)F. The third-order valence-corrected chi connectivity index (χ3v) is 6.87. The Hall–Kier alpha value is -2.70. The molecule has 3 fully saturated rings. The summed E-state index contributed by atoms with van der Waals surface area (Å²) in [4.78, 5) is 64.8. The van der Waals surface area contributed by atoms with E-state index in [-0.39, 0.29) is 30.7 Å². The molecule has 1 saturated carbocycles. The first-order valence-electron chi connectivity index (χ1n) is 12.1. The van der Waals surface area contributed by atoms with Crippen molar-refractivity contribution in [3.8, 4) is 0 Å². The van der Waals surface area contributed by atoms with Crippen LogP contribution in [-0.2, 0) is 28.7 Å². The highest BCUT2D eigenvalue weighted by molar-refractivity contribution is 6.35. The number of ether oxygens (including phenoxy) is 1. The number of alkyl halides is 3. The van der Waals surface area contributed by atoms with E-state index in [1.807, 2.05) is 0 Å². The van der Waals surface area contributed by atoms with Crippen molar-refractivity contribution < 1.29 is 41.9 Å². The van der Waals surface area contributed by atoms with E-state index in [4.69, 9.17) is 0 Å². The summed E-state index contributed by atoms with van der Waals surface area (Å²) in [5.41, 5.74) is -0.683. The Morgan fingerprint density at radius 2 is 1.83 bits per heavy atom. The van der Waals surface area contributed by atoms with Crippen LogP contribution in [0.1, 0.15) is 52.9 Å². The van der Waals surface area contributed by atoms with Crippen molar-refractivity contribution in [3.63, 3.8) is 0 Å². The van der Waals surface area contributed by atoms with Crippen LogP contribution >= 0.6 is 0 Å². The van der Waals surface area contributed by atoms with E-state index in [1.54, 1.807) is 20.8 Å². The molecule has 36 heavy (non-hydrogen) atoms. The van der Waals surface area contributed by atoms with Gasteiger partial charge in [0, 0.05) is 24.5 Å². The standard InChI is InChI=1S/C23H33F3N4O6/c1-22(2,3)29-20(34)21(35)30-10-13-5-4-6-14(13)17(30)19(33)28-15(9-12-7-8-27-18(12)32)16(31)11-36-23(24,25)26/h12-15,17H,4-11H2,1-3H3,(H,27,32)(H,28,33)(H,29,34)/t12-,13?,14?,15?,17-/m0/s1. The lowest BCUT2D eigenvalue weighted by molar-refractivity contribution is -0.321. The maximum absolute atomic E-state index is 13.4. The summed E-state index contributed by atoms with van der Waals surface area (Å²) in [5.74, 6) is -4.78. The molecule has 0 radical (unpaired) electrons. The predicted octanol–water partition coefficient (Wildman–Crippen LogP) is 0.645. The molecular weight excluding hydrogens is 485 g/mol. The zero-order valence-corrected chi connectivity index (χ0v) is 20.6. The molecule has 3 unspecified atom stereocenters. The Labute approximate surface area is 207 Å². The van der Waals surface area contributed by atoms with Gasteiger partial charge in [-0.15, -0.1) is 13.2 Å². The normalized spacial score (nSPS) is 26.8. The van der Waals surface area contributed by atoms with Crippen LogP contribution < -0.4 is 16.0 Å². The van der Waals surface area contributed by atoms with Crippen molar-refractivity contribution in [1.29, 1.82) is 0 Å². The summed E-state index contributed by atoms with van der Waals surface area (Å²) in [7, 11) is 0. The quantitative estimate of drug-likeness (QED) is 0.424. The molecular formula is C23H33F3N4O6. The van der Waals surface area contributed by atoms with Gasteiger partial charge >= 0.3 is 18.2 Å². The van der Waals surface area contributed by atoms with Crippen molar-refractivity contribution in [2.75, 3.05) is 19.7 Å². The number of halogens is 3. The van der Waals surface area contributed by atoms with Crippen molar-refractivity contribution in [2.24, 2.45) is 17.8 Å². The first-order chi connectivity index (χ1) is 16.7. The van der Waals surface area contributed by atoms with Crippen molar-refractivity contribution in [3.05, 3.63) is 0 Å². The van der Waals surface area contributed by atoms with E-state index in [2.05, 4.69) is 20.7 Å². The third kappa shape index (κ3) is 6.95. The molecule has 0 aromatic heterocycles. The van der Waals surface area contributed by atoms with Crippen LogP contribution in [0.3, 0.4) is 0 Å². The highest BCUT2D eigenvalue weighted by atomic mass is 19.4. The molecule has 5 atom stereocenters. The average molecular weight is 519 g/mol. The summed E-state index contributed by atoms with van der Waals surface area (Å²) in [6, 6.07) is -2.47. The van der Waals surface area contributed by atoms with Crippen LogP contribution in [0.5, 0.6) is 0 Å². The maximum atomic E-state index is 13.4. The highest BCUT2D eigenvalue weighted by Gasteiger charge is 2.51. The molecule has 3 rings (SSSR count). The van der Waals surface area contributed by atoms with Crippen LogP contribution in [0.15, 0.2) is 0 Å². The molecule has 0 aromatic rings. The second kappa shape index (κ2) is 10.7. The number of nitrogens with zero attached hydrogens (tertiary/aromatic N) is 1. The summed E-state index contributed by atoms with van der Waals surface area (Å²) in [6.45, 7) is 4.35. The topological polar surface area (TPSA) is 134 Å². The van der Waals surface area contributed by atoms with Crippen LogP contribution in [0.25, 0.3) is 0 Å². The Morgan fingerprint density at radius 3 is 2.42 bits per heavy atom. The van der Waals surface area contributed by atoms with E-state index < -0.39 is 60.0 Å². The number of carbonyl (C=O) groups is 5.